The first-order chi connectivity index (χ1) is 13.2. The predicted octanol–water partition coefficient (Wildman–Crippen LogP) is 3.00. The first-order valence-electron chi connectivity index (χ1n) is 8.32. The molecule has 0 aliphatic rings. The molecule has 0 spiro atoms. The summed E-state index contributed by atoms with van der Waals surface area (Å²) in [5, 5.41) is 7.06. The number of amides is 1. The molecule has 1 amide bonds. The lowest BCUT2D eigenvalue weighted by Crippen LogP contribution is -2.09. The summed E-state index contributed by atoms with van der Waals surface area (Å²) in [6.07, 6.45) is 6.62. The van der Waals surface area contributed by atoms with Crippen molar-refractivity contribution in [2.75, 3.05) is 19.5 Å². The van der Waals surface area contributed by atoms with Gasteiger partial charge < -0.3 is 14.8 Å². The van der Waals surface area contributed by atoms with E-state index in [4.69, 9.17) is 9.47 Å². The Balaban J connectivity index is 1.64. The molecule has 3 aromatic rings. The maximum atomic E-state index is 12.2. The lowest BCUT2D eigenvalue weighted by molar-refractivity contribution is -0.111. The Morgan fingerprint density at radius 3 is 2.81 bits per heavy atom. The van der Waals surface area contributed by atoms with E-state index in [1.807, 2.05) is 18.2 Å². The molecule has 0 unspecified atom stereocenters. The van der Waals surface area contributed by atoms with Gasteiger partial charge in [-0.1, -0.05) is 6.07 Å². The maximum Gasteiger partial charge on any atom is 0.249 e. The van der Waals surface area contributed by atoms with Gasteiger partial charge in [-0.3, -0.25) is 14.5 Å². The minimum atomic E-state index is -0.289. The van der Waals surface area contributed by atoms with Crippen LogP contribution >= 0.6 is 0 Å². The smallest absolute Gasteiger partial charge is 0.249 e. The Morgan fingerprint density at radius 1 is 1.19 bits per heavy atom. The molecule has 138 valence electrons. The number of benzene rings is 1. The molecule has 0 radical (unpaired) electrons. The number of carbonyl (C=O) groups is 1. The van der Waals surface area contributed by atoms with Gasteiger partial charge in [-0.05, 0) is 36.4 Å². The summed E-state index contributed by atoms with van der Waals surface area (Å²) in [4.78, 5) is 16.4. The molecule has 0 fully saturated rings. The minimum Gasteiger partial charge on any atom is -0.497 e. The highest BCUT2D eigenvalue weighted by Gasteiger charge is 2.05. The van der Waals surface area contributed by atoms with E-state index in [2.05, 4.69) is 15.4 Å². The van der Waals surface area contributed by atoms with Gasteiger partial charge in [0.1, 0.15) is 11.5 Å². The summed E-state index contributed by atoms with van der Waals surface area (Å²) in [5.41, 5.74) is 1.64. The largest absolute Gasteiger partial charge is 0.497 e. The van der Waals surface area contributed by atoms with E-state index in [0.717, 1.165) is 11.3 Å². The zero-order chi connectivity index (χ0) is 19.1. The van der Waals surface area contributed by atoms with Crippen LogP contribution in [0.25, 0.3) is 6.08 Å². The quantitative estimate of drug-likeness (QED) is 0.652. The third-order valence-corrected chi connectivity index (χ3v) is 3.79. The zero-order valence-electron chi connectivity index (χ0n) is 15.1. The van der Waals surface area contributed by atoms with E-state index in [1.165, 1.54) is 6.08 Å². The van der Waals surface area contributed by atoms with Crippen molar-refractivity contribution in [2.24, 2.45) is 0 Å². The molecule has 0 atom stereocenters. The van der Waals surface area contributed by atoms with Gasteiger partial charge in [0.05, 0.1) is 26.5 Å². The molecule has 1 aromatic carbocycles. The summed E-state index contributed by atoms with van der Waals surface area (Å²) in [5.74, 6) is 1.52. The van der Waals surface area contributed by atoms with Crippen molar-refractivity contribution in [1.82, 2.24) is 14.8 Å². The van der Waals surface area contributed by atoms with E-state index in [9.17, 15) is 4.79 Å². The molecular weight excluding hydrogens is 344 g/mol. The molecular formula is C20H20N4O3. The fourth-order valence-corrected chi connectivity index (χ4v) is 2.48. The zero-order valence-corrected chi connectivity index (χ0v) is 15.1. The first kappa shape index (κ1) is 18.2. The first-order valence-corrected chi connectivity index (χ1v) is 8.32. The number of methoxy groups -OCH3 is 2. The summed E-state index contributed by atoms with van der Waals surface area (Å²) < 4.78 is 12.2. The number of rotatable bonds is 7. The number of hydrogen-bond donors (Lipinski definition) is 1. The fourth-order valence-electron chi connectivity index (χ4n) is 2.48. The number of aromatic nitrogens is 3. The summed E-state index contributed by atoms with van der Waals surface area (Å²) in [6, 6.07) is 12.8. The highest BCUT2D eigenvalue weighted by atomic mass is 16.5. The molecule has 2 aromatic heterocycles. The molecule has 3 rings (SSSR count). The third kappa shape index (κ3) is 4.94. The second kappa shape index (κ2) is 8.66. The van der Waals surface area contributed by atoms with Crippen molar-refractivity contribution in [2.45, 2.75) is 6.54 Å². The van der Waals surface area contributed by atoms with Crippen molar-refractivity contribution in [3.8, 4) is 11.5 Å². The van der Waals surface area contributed by atoms with Gasteiger partial charge in [0, 0.05) is 30.1 Å². The molecule has 0 bridgehead atoms. The highest BCUT2D eigenvalue weighted by molar-refractivity contribution is 6.01. The number of anilines is 1. The van der Waals surface area contributed by atoms with Crippen LogP contribution in [0.15, 0.2) is 60.9 Å². The van der Waals surface area contributed by atoms with E-state index >= 15 is 0 Å². The molecule has 0 saturated heterocycles. The average molecular weight is 364 g/mol. The number of nitrogens with one attached hydrogen (secondary N) is 1. The molecule has 2 heterocycles. The van der Waals surface area contributed by atoms with Gasteiger partial charge in [0.25, 0.3) is 0 Å². The normalized spacial score (nSPS) is 10.7. The molecule has 0 aliphatic carbocycles. The molecule has 7 nitrogen and oxygen atoms in total. The summed E-state index contributed by atoms with van der Waals surface area (Å²) >= 11 is 0. The van der Waals surface area contributed by atoms with Crippen LogP contribution in [0.4, 0.5) is 5.82 Å². The van der Waals surface area contributed by atoms with Crippen molar-refractivity contribution < 1.29 is 14.3 Å². The number of ether oxygens (including phenoxy) is 2. The van der Waals surface area contributed by atoms with Crippen LogP contribution in [-0.4, -0.2) is 34.9 Å². The van der Waals surface area contributed by atoms with Gasteiger partial charge >= 0.3 is 0 Å². The van der Waals surface area contributed by atoms with Gasteiger partial charge in [-0.15, -0.1) is 0 Å². The lowest BCUT2D eigenvalue weighted by Gasteiger charge is -2.07. The van der Waals surface area contributed by atoms with Gasteiger partial charge in [-0.25, -0.2) is 0 Å². The minimum absolute atomic E-state index is 0.289. The van der Waals surface area contributed by atoms with Crippen LogP contribution in [0.3, 0.4) is 0 Å². The molecule has 0 saturated carbocycles. The van der Waals surface area contributed by atoms with Crippen molar-refractivity contribution in [1.29, 1.82) is 0 Å². The monoisotopic (exact) mass is 364 g/mol. The third-order valence-electron chi connectivity index (χ3n) is 3.79. The van der Waals surface area contributed by atoms with Gasteiger partial charge in [0.15, 0.2) is 5.82 Å². The van der Waals surface area contributed by atoms with E-state index in [-0.39, 0.29) is 5.91 Å². The van der Waals surface area contributed by atoms with E-state index in [1.54, 1.807) is 61.6 Å². The molecule has 27 heavy (non-hydrogen) atoms. The summed E-state index contributed by atoms with van der Waals surface area (Å²) in [6.45, 7) is 0.535. The van der Waals surface area contributed by atoms with Crippen LogP contribution in [0, 0.1) is 0 Å². The maximum absolute atomic E-state index is 12.2. The number of hydrogen-bond acceptors (Lipinski definition) is 5. The highest BCUT2D eigenvalue weighted by Crippen LogP contribution is 2.25. The second-order valence-corrected chi connectivity index (χ2v) is 5.65. The average Bonchev–Trinajstić information content (AvgIpc) is 3.13. The topological polar surface area (TPSA) is 78.3 Å². The van der Waals surface area contributed by atoms with Crippen molar-refractivity contribution in [3.05, 3.63) is 72.2 Å². The van der Waals surface area contributed by atoms with Gasteiger partial charge in [0.2, 0.25) is 5.91 Å². The van der Waals surface area contributed by atoms with Crippen LogP contribution < -0.4 is 14.8 Å². The molecule has 1 N–H and O–H groups in total. The molecule has 7 heteroatoms. The van der Waals surface area contributed by atoms with Crippen LogP contribution in [0.5, 0.6) is 11.5 Å². The van der Waals surface area contributed by atoms with E-state index < -0.39 is 0 Å². The number of nitrogens with zero attached hydrogens (tertiary/aromatic N) is 3. The second-order valence-electron chi connectivity index (χ2n) is 5.65. The Morgan fingerprint density at radius 2 is 2.07 bits per heavy atom. The fraction of sp³-hybridized carbons (Fsp3) is 0.150. The Bertz CT molecular complexity index is 935. The van der Waals surface area contributed by atoms with Crippen LogP contribution in [0.1, 0.15) is 11.3 Å². The molecule has 0 aliphatic heterocycles. The number of pyridine rings is 1. The van der Waals surface area contributed by atoms with Crippen LogP contribution in [-0.2, 0) is 11.3 Å². The Kier molecular flexibility index (Phi) is 5.84. The Hall–Kier alpha value is -3.61. The predicted molar refractivity (Wildman–Crippen MR) is 103 cm³/mol. The lowest BCUT2D eigenvalue weighted by atomic mass is 10.1. The summed E-state index contributed by atoms with van der Waals surface area (Å²) in [7, 11) is 3.16. The standard InChI is InChI=1S/C20H20N4O3/c1-26-17-7-8-18(27-2)15(13-17)6-9-20(25)22-19-10-12-24(23-19)14-16-5-3-4-11-21-16/h3-13H,14H2,1-2H3,(H,22,23,25)/b9-6+. The van der Waals surface area contributed by atoms with Crippen molar-refractivity contribution in [3.63, 3.8) is 0 Å². The van der Waals surface area contributed by atoms with Crippen molar-refractivity contribution >= 4 is 17.8 Å². The van der Waals surface area contributed by atoms with E-state index in [0.29, 0.717) is 23.9 Å². The SMILES string of the molecule is COc1ccc(OC)c(/C=C/C(=O)Nc2ccn(Cc3ccccn3)n2)c1. The number of carbonyl (C=O) groups excluding carboxylic acids is 1. The Labute approximate surface area is 157 Å². The van der Waals surface area contributed by atoms with Crippen LogP contribution in [0.2, 0.25) is 0 Å². The van der Waals surface area contributed by atoms with Gasteiger partial charge in [-0.2, -0.15) is 5.10 Å².